The van der Waals surface area contributed by atoms with E-state index in [1.165, 1.54) is 6.42 Å². The van der Waals surface area contributed by atoms with Crippen LogP contribution < -0.4 is 16.0 Å². The topological polar surface area (TPSA) is 87.6 Å². The van der Waals surface area contributed by atoms with Gasteiger partial charge in [0.25, 0.3) is 0 Å². The van der Waals surface area contributed by atoms with Gasteiger partial charge in [-0.25, -0.2) is 4.98 Å². The average molecular weight is 331 g/mol. The normalized spacial score (nSPS) is 25.6. The molecule has 7 nitrogen and oxygen atoms in total. The third kappa shape index (κ3) is 4.23. The molecule has 3 N–H and O–H groups in total. The van der Waals surface area contributed by atoms with Crippen LogP contribution >= 0.6 is 0 Å². The fraction of sp³-hybridized carbons (Fsp3) is 0.588. The Morgan fingerprint density at radius 2 is 2.29 bits per heavy atom. The Morgan fingerprint density at radius 3 is 2.92 bits per heavy atom. The summed E-state index contributed by atoms with van der Waals surface area (Å²) in [4.78, 5) is 20.3. The van der Waals surface area contributed by atoms with E-state index in [0.29, 0.717) is 37.0 Å². The third-order valence-corrected chi connectivity index (χ3v) is 4.48. The SMILES string of the molecule is CN=C(NCCC(=O)Nc1ccc(C)cn1)NC1CC2CCC1O2. The largest absolute Gasteiger partial charge is 0.373 e. The highest BCUT2D eigenvalue weighted by Gasteiger charge is 2.41. The zero-order chi connectivity index (χ0) is 16.9. The molecule has 0 aliphatic carbocycles. The summed E-state index contributed by atoms with van der Waals surface area (Å²) in [5, 5.41) is 9.37. The first-order valence-corrected chi connectivity index (χ1v) is 8.49. The number of amides is 1. The minimum absolute atomic E-state index is 0.0717. The van der Waals surface area contributed by atoms with Crippen LogP contribution in [0, 0.1) is 6.92 Å². The van der Waals surface area contributed by atoms with Gasteiger partial charge in [0.15, 0.2) is 5.96 Å². The Morgan fingerprint density at radius 1 is 1.42 bits per heavy atom. The minimum Gasteiger partial charge on any atom is -0.373 e. The molecule has 130 valence electrons. The summed E-state index contributed by atoms with van der Waals surface area (Å²) in [6, 6.07) is 4.04. The smallest absolute Gasteiger partial charge is 0.227 e. The van der Waals surface area contributed by atoms with Gasteiger partial charge in [-0.1, -0.05) is 6.07 Å². The van der Waals surface area contributed by atoms with Crippen LogP contribution in [-0.2, 0) is 9.53 Å². The molecule has 2 fully saturated rings. The molecule has 0 saturated carbocycles. The number of nitrogens with one attached hydrogen (secondary N) is 3. The minimum atomic E-state index is -0.0717. The summed E-state index contributed by atoms with van der Waals surface area (Å²) >= 11 is 0. The van der Waals surface area contributed by atoms with Crippen molar-refractivity contribution in [1.82, 2.24) is 15.6 Å². The van der Waals surface area contributed by atoms with Gasteiger partial charge in [0, 0.05) is 26.2 Å². The van der Waals surface area contributed by atoms with Gasteiger partial charge in [-0.05, 0) is 37.8 Å². The number of carbonyl (C=O) groups excluding carboxylic acids is 1. The number of hydrogen-bond donors (Lipinski definition) is 3. The van der Waals surface area contributed by atoms with Gasteiger partial charge in [-0.3, -0.25) is 9.79 Å². The standard InChI is InChI=1S/C17H25N5O2/c1-11-3-6-15(20-10-11)22-16(23)7-8-19-17(18-2)21-13-9-12-4-5-14(13)24-12/h3,6,10,12-14H,4-5,7-9H2,1-2H3,(H2,18,19,21)(H,20,22,23). The number of aryl methyl sites for hydroxylation is 1. The van der Waals surface area contributed by atoms with Crippen molar-refractivity contribution in [1.29, 1.82) is 0 Å². The molecule has 7 heteroatoms. The number of anilines is 1. The molecule has 1 aromatic heterocycles. The first-order chi connectivity index (χ1) is 11.6. The van der Waals surface area contributed by atoms with Crippen molar-refractivity contribution in [2.24, 2.45) is 4.99 Å². The van der Waals surface area contributed by atoms with Crippen LogP contribution in [0.1, 0.15) is 31.2 Å². The fourth-order valence-electron chi connectivity index (χ4n) is 3.20. The molecule has 24 heavy (non-hydrogen) atoms. The molecule has 3 heterocycles. The quantitative estimate of drug-likeness (QED) is 0.557. The molecule has 2 saturated heterocycles. The number of aliphatic imine (C=N–C) groups is 1. The van der Waals surface area contributed by atoms with Crippen LogP contribution in [0.5, 0.6) is 0 Å². The van der Waals surface area contributed by atoms with Crippen LogP contribution in [0.25, 0.3) is 0 Å². The van der Waals surface area contributed by atoms with E-state index in [-0.39, 0.29) is 5.91 Å². The zero-order valence-electron chi connectivity index (χ0n) is 14.2. The second kappa shape index (κ2) is 7.61. The van der Waals surface area contributed by atoms with Crippen molar-refractivity contribution in [2.45, 2.75) is 50.9 Å². The summed E-state index contributed by atoms with van der Waals surface area (Å²) in [6.45, 7) is 2.47. The number of nitrogens with zero attached hydrogens (tertiary/aromatic N) is 2. The van der Waals surface area contributed by atoms with E-state index in [0.717, 1.165) is 24.4 Å². The van der Waals surface area contributed by atoms with Gasteiger partial charge in [0.1, 0.15) is 5.82 Å². The summed E-state index contributed by atoms with van der Waals surface area (Å²) in [7, 11) is 1.74. The van der Waals surface area contributed by atoms with Crippen LogP contribution in [0.15, 0.2) is 23.3 Å². The Hall–Kier alpha value is -2.15. The lowest BCUT2D eigenvalue weighted by atomic mass is 9.96. The number of hydrogen-bond acceptors (Lipinski definition) is 4. The van der Waals surface area contributed by atoms with Gasteiger partial charge in [0.05, 0.1) is 18.2 Å². The summed E-state index contributed by atoms with van der Waals surface area (Å²) in [5.41, 5.74) is 1.06. The van der Waals surface area contributed by atoms with E-state index in [4.69, 9.17) is 4.74 Å². The van der Waals surface area contributed by atoms with Crippen molar-refractivity contribution in [3.05, 3.63) is 23.9 Å². The predicted molar refractivity (Wildman–Crippen MR) is 93.0 cm³/mol. The van der Waals surface area contributed by atoms with Gasteiger partial charge >= 0.3 is 0 Å². The van der Waals surface area contributed by atoms with E-state index in [9.17, 15) is 4.79 Å². The van der Waals surface area contributed by atoms with Crippen molar-refractivity contribution < 1.29 is 9.53 Å². The van der Waals surface area contributed by atoms with Crippen LogP contribution in [-0.4, -0.2) is 48.7 Å². The van der Waals surface area contributed by atoms with Crippen LogP contribution in [0.3, 0.4) is 0 Å². The second-order valence-corrected chi connectivity index (χ2v) is 6.38. The molecule has 1 amide bonds. The van der Waals surface area contributed by atoms with Crippen molar-refractivity contribution in [3.63, 3.8) is 0 Å². The zero-order valence-corrected chi connectivity index (χ0v) is 14.2. The highest BCUT2D eigenvalue weighted by atomic mass is 16.5. The first kappa shape index (κ1) is 16.7. The monoisotopic (exact) mass is 331 g/mol. The maximum Gasteiger partial charge on any atom is 0.227 e. The van der Waals surface area contributed by atoms with Gasteiger partial charge in [-0.2, -0.15) is 0 Å². The van der Waals surface area contributed by atoms with E-state index in [1.54, 1.807) is 19.3 Å². The lowest BCUT2D eigenvalue weighted by molar-refractivity contribution is -0.116. The number of aromatic nitrogens is 1. The number of carbonyl (C=O) groups is 1. The van der Waals surface area contributed by atoms with Crippen molar-refractivity contribution >= 4 is 17.7 Å². The summed E-state index contributed by atoms with van der Waals surface area (Å²) in [5.74, 6) is 1.22. The molecule has 0 radical (unpaired) electrons. The molecule has 2 aliphatic heterocycles. The molecule has 3 atom stereocenters. The first-order valence-electron chi connectivity index (χ1n) is 8.49. The maximum atomic E-state index is 11.9. The molecule has 0 aromatic carbocycles. The van der Waals surface area contributed by atoms with Crippen LogP contribution in [0.2, 0.25) is 0 Å². The van der Waals surface area contributed by atoms with E-state index in [1.807, 2.05) is 13.0 Å². The average Bonchev–Trinajstić information content (AvgIpc) is 3.19. The predicted octanol–water partition coefficient (Wildman–Crippen LogP) is 1.20. The highest BCUT2D eigenvalue weighted by Crippen LogP contribution is 2.34. The maximum absolute atomic E-state index is 11.9. The third-order valence-electron chi connectivity index (χ3n) is 4.48. The Balaban J connectivity index is 1.38. The van der Waals surface area contributed by atoms with Crippen molar-refractivity contribution in [3.8, 4) is 0 Å². The summed E-state index contributed by atoms with van der Waals surface area (Å²) in [6.07, 6.45) is 6.10. The number of pyridine rings is 1. The number of guanidine groups is 1. The fourth-order valence-corrected chi connectivity index (χ4v) is 3.20. The van der Waals surface area contributed by atoms with Gasteiger partial charge in [0.2, 0.25) is 5.91 Å². The second-order valence-electron chi connectivity index (χ2n) is 6.38. The highest BCUT2D eigenvalue weighted by molar-refractivity contribution is 5.90. The molecule has 0 spiro atoms. The molecule has 3 rings (SSSR count). The van der Waals surface area contributed by atoms with Crippen molar-refractivity contribution in [2.75, 3.05) is 18.9 Å². The molecule has 1 aromatic rings. The van der Waals surface area contributed by atoms with Gasteiger partial charge in [-0.15, -0.1) is 0 Å². The van der Waals surface area contributed by atoms with Gasteiger partial charge < -0.3 is 20.7 Å². The molecular weight excluding hydrogens is 306 g/mol. The Bertz CT molecular complexity index is 602. The Kier molecular flexibility index (Phi) is 5.30. The van der Waals surface area contributed by atoms with E-state index >= 15 is 0 Å². The van der Waals surface area contributed by atoms with Crippen LogP contribution in [0.4, 0.5) is 5.82 Å². The molecule has 3 unspecified atom stereocenters. The number of fused-ring (bicyclic) bond motifs is 2. The lowest BCUT2D eigenvalue weighted by Crippen LogP contribution is -2.47. The lowest BCUT2D eigenvalue weighted by Gasteiger charge is -2.22. The molecular formula is C17H25N5O2. The molecule has 2 aliphatic rings. The molecule has 2 bridgehead atoms. The van der Waals surface area contributed by atoms with E-state index < -0.39 is 0 Å². The van der Waals surface area contributed by atoms with E-state index in [2.05, 4.69) is 25.9 Å². The Labute approximate surface area is 142 Å². The summed E-state index contributed by atoms with van der Waals surface area (Å²) < 4.78 is 5.83. The number of rotatable bonds is 5. The number of ether oxygens (including phenoxy) is 1.